The number of likely N-dealkylation sites (tertiary alicyclic amines) is 1. The van der Waals surface area contributed by atoms with E-state index < -0.39 is 11.9 Å². The van der Waals surface area contributed by atoms with Gasteiger partial charge >= 0.3 is 5.97 Å². The van der Waals surface area contributed by atoms with E-state index >= 15 is 0 Å². The second-order valence-electron chi connectivity index (χ2n) is 3.64. The normalized spacial score (nSPS) is 25.8. The molecule has 0 saturated carbocycles. The molecule has 1 aliphatic rings. The van der Waals surface area contributed by atoms with Gasteiger partial charge in [0.25, 0.3) is 0 Å². The number of rotatable bonds is 2. The molecule has 0 aromatic carbocycles. The summed E-state index contributed by atoms with van der Waals surface area (Å²) < 4.78 is 0. The number of carbonyl (C=O) groups excluding carboxylic acids is 1. The van der Waals surface area contributed by atoms with Crippen LogP contribution in [0.1, 0.15) is 19.8 Å². The van der Waals surface area contributed by atoms with Crippen LogP contribution in [0.4, 0.5) is 0 Å². The molecule has 4 heteroatoms. The van der Waals surface area contributed by atoms with E-state index in [1.165, 1.54) is 0 Å². The third-order valence-electron chi connectivity index (χ3n) is 2.70. The number of hydrogen-bond acceptors (Lipinski definition) is 2. The van der Waals surface area contributed by atoms with Crippen molar-refractivity contribution in [1.29, 1.82) is 0 Å². The minimum absolute atomic E-state index is 0.0267. The van der Waals surface area contributed by atoms with Crippen molar-refractivity contribution in [2.75, 3.05) is 13.6 Å². The van der Waals surface area contributed by atoms with Crippen molar-refractivity contribution in [2.45, 2.75) is 19.8 Å². The van der Waals surface area contributed by atoms with Gasteiger partial charge in [0.2, 0.25) is 5.91 Å². The highest BCUT2D eigenvalue weighted by atomic mass is 16.4. The van der Waals surface area contributed by atoms with Crippen molar-refractivity contribution in [3.05, 3.63) is 0 Å². The van der Waals surface area contributed by atoms with Gasteiger partial charge in [-0.3, -0.25) is 9.59 Å². The van der Waals surface area contributed by atoms with Gasteiger partial charge in [-0.05, 0) is 12.8 Å². The van der Waals surface area contributed by atoms with Gasteiger partial charge in [-0.1, -0.05) is 6.92 Å². The molecule has 0 aromatic heterocycles. The zero-order chi connectivity index (χ0) is 10.0. The first-order chi connectivity index (χ1) is 6.04. The van der Waals surface area contributed by atoms with Crippen LogP contribution in [0.25, 0.3) is 0 Å². The molecular formula is C9H15NO3. The van der Waals surface area contributed by atoms with Crippen molar-refractivity contribution >= 4 is 11.9 Å². The summed E-state index contributed by atoms with van der Waals surface area (Å²) >= 11 is 0. The van der Waals surface area contributed by atoms with Gasteiger partial charge in [0.15, 0.2) is 0 Å². The molecule has 0 aliphatic carbocycles. The highest BCUT2D eigenvalue weighted by Crippen LogP contribution is 2.24. The fourth-order valence-electron chi connectivity index (χ4n) is 1.70. The van der Waals surface area contributed by atoms with E-state index in [-0.39, 0.29) is 11.8 Å². The lowest BCUT2D eigenvalue weighted by molar-refractivity contribution is -0.151. The quantitative estimate of drug-likeness (QED) is 0.684. The first kappa shape index (κ1) is 10.0. The average Bonchev–Trinajstić information content (AvgIpc) is 2.08. The Kier molecular flexibility index (Phi) is 2.90. The number of amides is 1. The molecule has 0 aromatic rings. The zero-order valence-electron chi connectivity index (χ0n) is 7.99. The molecule has 1 saturated heterocycles. The van der Waals surface area contributed by atoms with E-state index in [0.717, 1.165) is 13.0 Å². The molecule has 13 heavy (non-hydrogen) atoms. The van der Waals surface area contributed by atoms with Crippen molar-refractivity contribution in [2.24, 2.45) is 11.8 Å². The molecule has 2 unspecified atom stereocenters. The van der Waals surface area contributed by atoms with E-state index in [9.17, 15) is 9.59 Å². The monoisotopic (exact) mass is 185 g/mol. The van der Waals surface area contributed by atoms with Gasteiger partial charge in [-0.25, -0.2) is 0 Å². The maximum absolute atomic E-state index is 11.5. The predicted molar refractivity (Wildman–Crippen MR) is 47.2 cm³/mol. The second kappa shape index (κ2) is 3.77. The Balaban J connectivity index is 2.68. The molecule has 4 nitrogen and oxygen atoms in total. The topological polar surface area (TPSA) is 57.6 Å². The van der Waals surface area contributed by atoms with Gasteiger partial charge in [0, 0.05) is 13.6 Å². The fraction of sp³-hybridized carbons (Fsp3) is 0.778. The zero-order valence-corrected chi connectivity index (χ0v) is 7.99. The van der Waals surface area contributed by atoms with Gasteiger partial charge in [-0.2, -0.15) is 0 Å². The molecule has 0 bridgehead atoms. The lowest BCUT2D eigenvalue weighted by atomic mass is 9.86. The molecule has 1 heterocycles. The third-order valence-corrected chi connectivity index (χ3v) is 2.70. The van der Waals surface area contributed by atoms with Gasteiger partial charge in [-0.15, -0.1) is 0 Å². The number of carbonyl (C=O) groups is 2. The van der Waals surface area contributed by atoms with Crippen LogP contribution in [0.2, 0.25) is 0 Å². The van der Waals surface area contributed by atoms with Crippen LogP contribution in [0.5, 0.6) is 0 Å². The second-order valence-corrected chi connectivity index (χ2v) is 3.64. The van der Waals surface area contributed by atoms with Crippen LogP contribution < -0.4 is 0 Å². The smallest absolute Gasteiger partial charge is 0.307 e. The number of piperidine rings is 1. The number of aliphatic carboxylic acids is 1. The predicted octanol–water partition coefficient (Wildman–Crippen LogP) is 0.575. The maximum atomic E-state index is 11.5. The number of carboxylic acid groups (broad SMARTS) is 1. The molecule has 1 fully saturated rings. The largest absolute Gasteiger partial charge is 0.481 e. The van der Waals surface area contributed by atoms with E-state index in [1.807, 2.05) is 0 Å². The summed E-state index contributed by atoms with van der Waals surface area (Å²) in [6.07, 6.45) is 1.61. The molecule has 1 N–H and O–H groups in total. The summed E-state index contributed by atoms with van der Waals surface area (Å²) in [5.74, 6) is -1.79. The van der Waals surface area contributed by atoms with E-state index in [1.54, 1.807) is 18.9 Å². The van der Waals surface area contributed by atoms with Gasteiger partial charge in [0.1, 0.15) is 0 Å². The fourth-order valence-corrected chi connectivity index (χ4v) is 1.70. The van der Waals surface area contributed by atoms with Crippen LogP contribution in [0.15, 0.2) is 0 Å². The average molecular weight is 185 g/mol. The lowest BCUT2D eigenvalue weighted by Gasteiger charge is -2.31. The summed E-state index contributed by atoms with van der Waals surface area (Å²) in [4.78, 5) is 23.8. The Morgan fingerprint density at radius 3 is 2.85 bits per heavy atom. The first-order valence-electron chi connectivity index (χ1n) is 4.52. The number of hydrogen-bond donors (Lipinski definition) is 1. The standard InChI is InChI=1S/C9H15NO3/c1-6(9(12)13)7-4-3-5-10(2)8(7)11/h6-7H,3-5H2,1-2H3,(H,12,13). The summed E-state index contributed by atoms with van der Waals surface area (Å²) in [7, 11) is 1.73. The highest BCUT2D eigenvalue weighted by Gasteiger charge is 2.34. The molecule has 0 spiro atoms. The summed E-state index contributed by atoms with van der Waals surface area (Å²) in [5, 5.41) is 8.77. The minimum Gasteiger partial charge on any atom is -0.481 e. The Labute approximate surface area is 77.5 Å². The van der Waals surface area contributed by atoms with Crippen molar-refractivity contribution in [1.82, 2.24) is 4.90 Å². The van der Waals surface area contributed by atoms with Crippen molar-refractivity contribution < 1.29 is 14.7 Å². The van der Waals surface area contributed by atoms with Crippen LogP contribution in [0.3, 0.4) is 0 Å². The number of carboxylic acids is 1. The van der Waals surface area contributed by atoms with E-state index in [4.69, 9.17) is 5.11 Å². The molecule has 2 atom stereocenters. The van der Waals surface area contributed by atoms with Crippen LogP contribution >= 0.6 is 0 Å². The Morgan fingerprint density at radius 2 is 2.31 bits per heavy atom. The van der Waals surface area contributed by atoms with Crippen molar-refractivity contribution in [3.63, 3.8) is 0 Å². The van der Waals surface area contributed by atoms with Crippen LogP contribution in [0, 0.1) is 11.8 Å². The molecule has 1 aliphatic heterocycles. The van der Waals surface area contributed by atoms with Gasteiger partial charge in [0.05, 0.1) is 11.8 Å². The number of nitrogens with zero attached hydrogens (tertiary/aromatic N) is 1. The minimum atomic E-state index is -0.881. The molecular weight excluding hydrogens is 170 g/mol. The molecule has 0 radical (unpaired) electrons. The third kappa shape index (κ3) is 1.99. The van der Waals surface area contributed by atoms with Gasteiger partial charge < -0.3 is 10.0 Å². The molecule has 1 rings (SSSR count). The first-order valence-corrected chi connectivity index (χ1v) is 4.52. The SMILES string of the molecule is CC(C(=O)O)C1CCCN(C)C1=O. The Hall–Kier alpha value is -1.06. The van der Waals surface area contributed by atoms with Crippen molar-refractivity contribution in [3.8, 4) is 0 Å². The lowest BCUT2D eigenvalue weighted by Crippen LogP contribution is -2.42. The van der Waals surface area contributed by atoms with E-state index in [0.29, 0.717) is 6.42 Å². The van der Waals surface area contributed by atoms with Crippen LogP contribution in [-0.2, 0) is 9.59 Å². The summed E-state index contributed by atoms with van der Waals surface area (Å²) in [5.41, 5.74) is 0. The summed E-state index contributed by atoms with van der Waals surface area (Å²) in [6, 6.07) is 0. The molecule has 1 amide bonds. The Bertz CT molecular complexity index is 227. The maximum Gasteiger partial charge on any atom is 0.307 e. The summed E-state index contributed by atoms with van der Waals surface area (Å²) in [6.45, 7) is 2.35. The van der Waals surface area contributed by atoms with E-state index in [2.05, 4.69) is 0 Å². The Morgan fingerprint density at radius 1 is 1.69 bits per heavy atom. The van der Waals surface area contributed by atoms with Crippen LogP contribution in [-0.4, -0.2) is 35.5 Å². The highest BCUT2D eigenvalue weighted by molar-refractivity contribution is 5.84. The molecule has 74 valence electrons.